The highest BCUT2D eigenvalue weighted by molar-refractivity contribution is 5.22. The number of likely N-dealkylation sites (N-methyl/N-ethyl adjacent to an activating group) is 1. The second-order valence-corrected chi connectivity index (χ2v) is 5.64. The van der Waals surface area contributed by atoms with Crippen molar-refractivity contribution < 1.29 is 9.13 Å². The van der Waals surface area contributed by atoms with E-state index in [9.17, 15) is 4.39 Å². The zero-order chi connectivity index (χ0) is 14.6. The molecular formula is C15H24FN3O. The molecule has 0 saturated carbocycles. The molecule has 0 aliphatic carbocycles. The molecule has 2 heterocycles. The van der Waals surface area contributed by atoms with Crippen LogP contribution in [0.4, 0.5) is 4.39 Å². The molecule has 0 aromatic carbocycles. The van der Waals surface area contributed by atoms with Gasteiger partial charge in [0.2, 0.25) is 0 Å². The first-order chi connectivity index (χ1) is 9.57. The Bertz CT molecular complexity index is 433. The van der Waals surface area contributed by atoms with Crippen molar-refractivity contribution in [3.63, 3.8) is 0 Å². The lowest BCUT2D eigenvalue weighted by Crippen LogP contribution is -2.56. The third-order valence-electron chi connectivity index (χ3n) is 4.06. The Morgan fingerprint density at radius 1 is 1.45 bits per heavy atom. The molecule has 1 unspecified atom stereocenters. The van der Waals surface area contributed by atoms with Gasteiger partial charge in [-0.2, -0.15) is 0 Å². The van der Waals surface area contributed by atoms with Crippen molar-refractivity contribution in [2.75, 3.05) is 32.8 Å². The topological polar surface area (TPSA) is 37.4 Å². The molecule has 4 nitrogen and oxygen atoms in total. The third kappa shape index (κ3) is 3.16. The normalized spacial score (nSPS) is 19.0. The van der Waals surface area contributed by atoms with Crippen molar-refractivity contribution in [2.24, 2.45) is 0 Å². The maximum atomic E-state index is 14.1. The average Bonchev–Trinajstić information content (AvgIpc) is 2.46. The highest BCUT2D eigenvalue weighted by Crippen LogP contribution is 2.32. The molecule has 112 valence electrons. The summed E-state index contributed by atoms with van der Waals surface area (Å²) in [5.74, 6) is -0.250. The van der Waals surface area contributed by atoms with E-state index in [1.807, 2.05) is 6.92 Å². The maximum Gasteiger partial charge on any atom is 0.146 e. The quantitative estimate of drug-likeness (QED) is 0.895. The highest BCUT2D eigenvalue weighted by atomic mass is 19.1. The van der Waals surface area contributed by atoms with Crippen LogP contribution in [0.15, 0.2) is 18.5 Å². The van der Waals surface area contributed by atoms with Gasteiger partial charge in [0.15, 0.2) is 0 Å². The molecule has 2 rings (SSSR count). The summed E-state index contributed by atoms with van der Waals surface area (Å²) in [5, 5.41) is 3.43. The number of rotatable bonds is 5. The Labute approximate surface area is 120 Å². The van der Waals surface area contributed by atoms with Crippen LogP contribution >= 0.6 is 0 Å². The van der Waals surface area contributed by atoms with Gasteiger partial charge in [-0.3, -0.25) is 9.88 Å². The molecule has 1 aromatic rings. The number of aromatic nitrogens is 1. The van der Waals surface area contributed by atoms with Gasteiger partial charge in [0.05, 0.1) is 25.5 Å². The lowest BCUT2D eigenvalue weighted by atomic mass is 9.86. The number of ether oxygens (including phenoxy) is 1. The molecule has 1 atom stereocenters. The Morgan fingerprint density at radius 3 is 2.75 bits per heavy atom. The summed E-state index contributed by atoms with van der Waals surface area (Å²) < 4.78 is 19.5. The molecular weight excluding hydrogens is 257 g/mol. The molecule has 0 bridgehead atoms. The lowest BCUT2D eigenvalue weighted by Gasteiger charge is -2.46. The number of pyridine rings is 1. The van der Waals surface area contributed by atoms with Gasteiger partial charge >= 0.3 is 0 Å². The number of morpholine rings is 1. The minimum absolute atomic E-state index is 0.0754. The molecule has 1 aliphatic heterocycles. The van der Waals surface area contributed by atoms with E-state index in [0.717, 1.165) is 32.8 Å². The molecule has 5 heteroatoms. The Balaban J connectivity index is 2.29. The van der Waals surface area contributed by atoms with E-state index in [2.05, 4.69) is 29.0 Å². The zero-order valence-corrected chi connectivity index (χ0v) is 12.5. The van der Waals surface area contributed by atoms with Crippen LogP contribution in [0.25, 0.3) is 0 Å². The Morgan fingerprint density at radius 2 is 2.15 bits per heavy atom. The van der Waals surface area contributed by atoms with Crippen molar-refractivity contribution in [1.29, 1.82) is 0 Å². The van der Waals surface area contributed by atoms with E-state index < -0.39 is 0 Å². The average molecular weight is 281 g/mol. The van der Waals surface area contributed by atoms with Crippen LogP contribution in [-0.4, -0.2) is 48.3 Å². The number of halogens is 1. The van der Waals surface area contributed by atoms with Crippen LogP contribution in [0.3, 0.4) is 0 Å². The van der Waals surface area contributed by atoms with Gasteiger partial charge in [0, 0.05) is 30.4 Å². The number of hydrogen-bond donors (Lipinski definition) is 1. The van der Waals surface area contributed by atoms with Gasteiger partial charge in [-0.1, -0.05) is 6.92 Å². The second kappa shape index (κ2) is 6.61. The molecule has 1 saturated heterocycles. The highest BCUT2D eigenvalue weighted by Gasteiger charge is 2.37. The van der Waals surface area contributed by atoms with Crippen LogP contribution in [0.1, 0.15) is 32.4 Å². The molecule has 20 heavy (non-hydrogen) atoms. The van der Waals surface area contributed by atoms with Gasteiger partial charge in [-0.05, 0) is 26.5 Å². The molecule has 1 fully saturated rings. The van der Waals surface area contributed by atoms with Crippen molar-refractivity contribution in [3.05, 3.63) is 29.8 Å². The fourth-order valence-corrected chi connectivity index (χ4v) is 2.89. The van der Waals surface area contributed by atoms with Gasteiger partial charge < -0.3 is 10.1 Å². The Kier molecular flexibility index (Phi) is 5.07. The van der Waals surface area contributed by atoms with Crippen molar-refractivity contribution >= 4 is 0 Å². The monoisotopic (exact) mass is 281 g/mol. The summed E-state index contributed by atoms with van der Waals surface area (Å²) in [6.45, 7) is 10.4. The largest absolute Gasteiger partial charge is 0.379 e. The number of hydrogen-bond acceptors (Lipinski definition) is 4. The van der Waals surface area contributed by atoms with E-state index >= 15 is 0 Å². The van der Waals surface area contributed by atoms with Gasteiger partial charge in [-0.15, -0.1) is 0 Å². The first-order valence-electron chi connectivity index (χ1n) is 7.23. The van der Waals surface area contributed by atoms with Crippen molar-refractivity contribution in [1.82, 2.24) is 15.2 Å². The fraction of sp³-hybridized carbons (Fsp3) is 0.667. The fourth-order valence-electron chi connectivity index (χ4n) is 2.89. The van der Waals surface area contributed by atoms with E-state index in [4.69, 9.17) is 4.74 Å². The van der Waals surface area contributed by atoms with Crippen LogP contribution in [0.2, 0.25) is 0 Å². The van der Waals surface area contributed by atoms with E-state index in [0.29, 0.717) is 5.56 Å². The second-order valence-electron chi connectivity index (χ2n) is 5.64. The smallest absolute Gasteiger partial charge is 0.146 e. The lowest BCUT2D eigenvalue weighted by molar-refractivity contribution is -0.0240. The first kappa shape index (κ1) is 15.4. The molecule has 1 aromatic heterocycles. The van der Waals surface area contributed by atoms with E-state index in [-0.39, 0.29) is 17.4 Å². The van der Waals surface area contributed by atoms with E-state index in [1.54, 1.807) is 12.3 Å². The predicted octanol–water partition coefficient (Wildman–Crippen LogP) is 1.98. The summed E-state index contributed by atoms with van der Waals surface area (Å²) >= 11 is 0. The van der Waals surface area contributed by atoms with Crippen molar-refractivity contribution in [3.8, 4) is 0 Å². The summed E-state index contributed by atoms with van der Waals surface area (Å²) in [4.78, 5) is 6.21. The van der Waals surface area contributed by atoms with Gasteiger partial charge in [-0.25, -0.2) is 4.39 Å². The molecule has 0 radical (unpaired) electrons. The summed E-state index contributed by atoms with van der Waals surface area (Å²) in [7, 11) is 0. The van der Waals surface area contributed by atoms with Crippen LogP contribution in [0, 0.1) is 5.82 Å². The first-order valence-corrected chi connectivity index (χ1v) is 7.23. The van der Waals surface area contributed by atoms with Crippen LogP contribution < -0.4 is 5.32 Å². The summed E-state index contributed by atoms with van der Waals surface area (Å²) in [6, 6.07) is 1.69. The maximum absolute atomic E-state index is 14.1. The number of nitrogens with one attached hydrogen (secondary N) is 1. The number of nitrogens with zero attached hydrogens (tertiary/aromatic N) is 2. The van der Waals surface area contributed by atoms with Crippen LogP contribution in [0.5, 0.6) is 0 Å². The summed E-state index contributed by atoms with van der Waals surface area (Å²) in [5.41, 5.74) is 0.487. The van der Waals surface area contributed by atoms with Gasteiger partial charge in [0.25, 0.3) is 0 Å². The Hall–Kier alpha value is -1.04. The molecule has 1 aliphatic rings. The standard InChI is InChI=1S/C15H24FN3O/c1-4-18-14(12-5-6-17-11-13(12)16)15(2,3)19-7-9-20-10-8-19/h5-6,11,14,18H,4,7-10H2,1-3H3. The summed E-state index contributed by atoms with van der Waals surface area (Å²) in [6.07, 6.45) is 2.94. The third-order valence-corrected chi connectivity index (χ3v) is 4.06. The van der Waals surface area contributed by atoms with Crippen molar-refractivity contribution in [2.45, 2.75) is 32.4 Å². The molecule has 0 amide bonds. The molecule has 0 spiro atoms. The van der Waals surface area contributed by atoms with Crippen LogP contribution in [-0.2, 0) is 4.74 Å². The minimum Gasteiger partial charge on any atom is -0.379 e. The van der Waals surface area contributed by atoms with E-state index in [1.165, 1.54) is 6.20 Å². The minimum atomic E-state index is -0.250. The SMILES string of the molecule is CCNC(c1ccncc1F)C(C)(C)N1CCOCC1. The predicted molar refractivity (Wildman–Crippen MR) is 77.1 cm³/mol. The molecule has 1 N–H and O–H groups in total. The zero-order valence-electron chi connectivity index (χ0n) is 12.5. The van der Waals surface area contributed by atoms with Gasteiger partial charge in [0.1, 0.15) is 5.82 Å².